The van der Waals surface area contributed by atoms with Gasteiger partial charge in [0.15, 0.2) is 0 Å². The fraction of sp³-hybridized carbons (Fsp3) is 0.941. The van der Waals surface area contributed by atoms with Crippen molar-refractivity contribution in [3.63, 3.8) is 0 Å². The Kier molecular flexibility index (Phi) is 6.35. The van der Waals surface area contributed by atoms with Crippen LogP contribution >= 0.6 is 0 Å². The van der Waals surface area contributed by atoms with Gasteiger partial charge in [-0.3, -0.25) is 9.59 Å². The van der Waals surface area contributed by atoms with E-state index in [1.54, 1.807) is 13.8 Å². The third-order valence-corrected chi connectivity index (χ3v) is 14.4. The lowest BCUT2D eigenvalue weighted by Gasteiger charge is -2.65. The van der Waals surface area contributed by atoms with E-state index in [1.165, 1.54) is 13.8 Å². The predicted octanol–water partition coefficient (Wildman–Crippen LogP) is 5.58. The molecule has 2 spiro atoms. The first-order valence-electron chi connectivity index (χ1n) is 16.2. The van der Waals surface area contributed by atoms with Crippen molar-refractivity contribution in [1.82, 2.24) is 0 Å². The number of carbonyl (C=O) groups excluding carboxylic acids is 2. The van der Waals surface area contributed by atoms with Crippen LogP contribution in [0.2, 0.25) is 0 Å². The van der Waals surface area contributed by atoms with Gasteiger partial charge in [0.25, 0.3) is 0 Å². The van der Waals surface area contributed by atoms with E-state index in [0.717, 1.165) is 57.8 Å². The Morgan fingerprint density at radius 3 is 2.07 bits per heavy atom. The second-order valence-electron chi connectivity index (χ2n) is 17.0. The zero-order valence-corrected chi connectivity index (χ0v) is 26.8. The maximum absolute atomic E-state index is 12.5. The van der Waals surface area contributed by atoms with Gasteiger partial charge >= 0.3 is 11.9 Å². The quantitative estimate of drug-likeness (QED) is 0.423. The molecule has 6 rings (SSSR count). The highest BCUT2D eigenvalue weighted by atomic mass is 16.6. The maximum atomic E-state index is 12.5. The van der Waals surface area contributed by atoms with Gasteiger partial charge in [0.05, 0.1) is 23.4 Å². The molecule has 0 aromatic rings. The highest BCUT2D eigenvalue weighted by Crippen LogP contribution is 2.89. The third-order valence-electron chi connectivity index (χ3n) is 14.4. The van der Waals surface area contributed by atoms with E-state index in [4.69, 9.17) is 14.2 Å². The number of aliphatic hydroxyl groups excluding tert-OH is 1. The van der Waals surface area contributed by atoms with Crippen molar-refractivity contribution in [3.8, 4) is 0 Å². The summed E-state index contributed by atoms with van der Waals surface area (Å²) in [5.41, 5.74) is -2.22. The monoisotopic (exact) mass is 574 g/mol. The zero-order valence-electron chi connectivity index (χ0n) is 26.8. The second kappa shape index (κ2) is 8.72. The third kappa shape index (κ3) is 3.73. The summed E-state index contributed by atoms with van der Waals surface area (Å²) >= 11 is 0. The van der Waals surface area contributed by atoms with Crippen LogP contribution in [0.25, 0.3) is 0 Å². The van der Waals surface area contributed by atoms with E-state index in [9.17, 15) is 19.8 Å². The van der Waals surface area contributed by atoms with Crippen molar-refractivity contribution >= 4 is 11.9 Å². The Balaban J connectivity index is 1.38. The SMILES string of the molecule is CC(=O)O[C@H]1C[C@@]2(C)[C@@H]3CC[C@H]4C(C)(C)[C@@H](OC(C)=O)CC[C@@]45C[C@@]35C[C@H](O)[C@]2(C)[C@H]1[C@@]1(C)CC[C@@H](C(C)(C)O)O1. The lowest BCUT2D eigenvalue weighted by Crippen LogP contribution is -2.64. The van der Waals surface area contributed by atoms with E-state index >= 15 is 0 Å². The summed E-state index contributed by atoms with van der Waals surface area (Å²) < 4.78 is 18.8. The molecule has 0 bridgehead atoms. The molecule has 0 amide bonds. The Hall–Kier alpha value is -1.18. The van der Waals surface area contributed by atoms with Gasteiger partial charge in [0.2, 0.25) is 0 Å². The van der Waals surface area contributed by atoms with Crippen LogP contribution in [0.5, 0.6) is 0 Å². The zero-order chi connectivity index (χ0) is 30.2. The number of esters is 2. The minimum Gasteiger partial charge on any atom is -0.462 e. The van der Waals surface area contributed by atoms with E-state index < -0.39 is 22.7 Å². The molecule has 0 aromatic heterocycles. The van der Waals surface area contributed by atoms with Crippen molar-refractivity contribution in [3.05, 3.63) is 0 Å². The molecule has 5 saturated carbocycles. The van der Waals surface area contributed by atoms with Crippen molar-refractivity contribution < 1.29 is 34.0 Å². The smallest absolute Gasteiger partial charge is 0.302 e. The molecule has 5 aliphatic carbocycles. The van der Waals surface area contributed by atoms with Crippen LogP contribution in [-0.4, -0.2) is 57.8 Å². The van der Waals surface area contributed by atoms with E-state index in [2.05, 4.69) is 34.6 Å². The number of hydrogen-bond donors (Lipinski definition) is 2. The summed E-state index contributed by atoms with van der Waals surface area (Å²) in [7, 11) is 0. The van der Waals surface area contributed by atoms with Crippen molar-refractivity contribution in [1.29, 1.82) is 0 Å². The fourth-order valence-electron chi connectivity index (χ4n) is 12.8. The molecule has 41 heavy (non-hydrogen) atoms. The summed E-state index contributed by atoms with van der Waals surface area (Å²) in [6.07, 6.45) is 6.95. The Morgan fingerprint density at radius 2 is 1.49 bits per heavy atom. The van der Waals surface area contributed by atoms with Gasteiger partial charge in [-0.15, -0.1) is 0 Å². The summed E-state index contributed by atoms with van der Waals surface area (Å²) in [5, 5.41) is 23.3. The lowest BCUT2D eigenvalue weighted by atomic mass is 9.41. The van der Waals surface area contributed by atoms with Gasteiger partial charge in [0, 0.05) is 30.6 Å². The minimum atomic E-state index is -0.969. The fourth-order valence-corrected chi connectivity index (χ4v) is 12.8. The standard InChI is InChI=1S/C34H54O7/c1-19(35)39-21-16-30(7)23-11-10-22-28(3,4)25(40-20(2)36)13-15-33(22)18-34(23,33)17-24(37)32(30,9)27(21)31(8)14-12-26(41-31)29(5,6)38/h21-27,37-38H,10-18H2,1-9H3/t21-,22-,23-,24-,25-,26-,27+,30-,31+,32+,33+,34-/m0/s1. The van der Waals surface area contributed by atoms with Crippen LogP contribution in [-0.2, 0) is 23.8 Å². The Morgan fingerprint density at radius 1 is 0.854 bits per heavy atom. The molecule has 232 valence electrons. The van der Waals surface area contributed by atoms with E-state index in [0.29, 0.717) is 11.8 Å². The van der Waals surface area contributed by atoms with Crippen molar-refractivity contribution in [2.75, 3.05) is 0 Å². The Bertz CT molecular complexity index is 1130. The number of rotatable bonds is 4. The number of carbonyl (C=O) groups is 2. The van der Waals surface area contributed by atoms with Crippen LogP contribution in [0.4, 0.5) is 0 Å². The number of fused-ring (bicyclic) bond motifs is 2. The molecule has 2 N–H and O–H groups in total. The molecule has 7 heteroatoms. The van der Waals surface area contributed by atoms with Crippen molar-refractivity contribution in [2.24, 2.45) is 44.8 Å². The average molecular weight is 575 g/mol. The normalized spacial score (nSPS) is 53.4. The molecule has 6 aliphatic rings. The van der Waals surface area contributed by atoms with Gasteiger partial charge in [0.1, 0.15) is 12.2 Å². The molecule has 1 heterocycles. The second-order valence-corrected chi connectivity index (χ2v) is 17.0. The van der Waals surface area contributed by atoms with Gasteiger partial charge in [-0.25, -0.2) is 0 Å². The largest absolute Gasteiger partial charge is 0.462 e. The molecular weight excluding hydrogens is 520 g/mol. The van der Waals surface area contributed by atoms with Gasteiger partial charge in [-0.2, -0.15) is 0 Å². The van der Waals surface area contributed by atoms with Crippen LogP contribution in [0, 0.1) is 44.8 Å². The highest BCUT2D eigenvalue weighted by molar-refractivity contribution is 5.66. The molecule has 7 nitrogen and oxygen atoms in total. The maximum Gasteiger partial charge on any atom is 0.302 e. The van der Waals surface area contributed by atoms with E-state index in [-0.39, 0.29) is 57.8 Å². The summed E-state index contributed by atoms with van der Waals surface area (Å²) in [6, 6.07) is 0. The highest BCUT2D eigenvalue weighted by Gasteiger charge is 2.85. The Labute approximate surface area is 246 Å². The van der Waals surface area contributed by atoms with Crippen LogP contribution in [0.1, 0.15) is 120 Å². The van der Waals surface area contributed by atoms with Crippen LogP contribution < -0.4 is 0 Å². The van der Waals surface area contributed by atoms with Gasteiger partial charge in [-0.05, 0) is 107 Å². The molecule has 6 fully saturated rings. The van der Waals surface area contributed by atoms with Crippen LogP contribution in [0.15, 0.2) is 0 Å². The summed E-state index contributed by atoms with van der Waals surface area (Å²) in [6.45, 7) is 18.0. The number of ether oxygens (including phenoxy) is 3. The van der Waals surface area contributed by atoms with Crippen LogP contribution in [0.3, 0.4) is 0 Å². The number of hydrogen-bond acceptors (Lipinski definition) is 7. The topological polar surface area (TPSA) is 102 Å². The van der Waals surface area contributed by atoms with Gasteiger partial charge in [-0.1, -0.05) is 27.7 Å². The first kappa shape index (κ1) is 29.9. The first-order valence-corrected chi connectivity index (χ1v) is 16.2. The molecule has 1 aliphatic heterocycles. The molecule has 0 radical (unpaired) electrons. The summed E-state index contributed by atoms with van der Waals surface area (Å²) in [4.78, 5) is 24.5. The minimum absolute atomic E-state index is 0.0603. The molecular formula is C34H54O7. The van der Waals surface area contributed by atoms with E-state index in [1.807, 2.05) is 0 Å². The van der Waals surface area contributed by atoms with Crippen molar-refractivity contribution in [2.45, 2.75) is 156 Å². The molecule has 0 unspecified atom stereocenters. The lowest BCUT2D eigenvalue weighted by molar-refractivity contribution is -0.233. The molecule has 12 atom stereocenters. The summed E-state index contributed by atoms with van der Waals surface area (Å²) in [5.74, 6) is 0.214. The number of aliphatic hydroxyl groups is 2. The first-order chi connectivity index (χ1) is 18.8. The molecule has 1 saturated heterocycles. The predicted molar refractivity (Wildman–Crippen MR) is 154 cm³/mol. The average Bonchev–Trinajstić information content (AvgIpc) is 3.17. The van der Waals surface area contributed by atoms with Gasteiger partial charge < -0.3 is 24.4 Å². The molecule has 0 aromatic carbocycles.